The maximum absolute atomic E-state index is 5.82. The molecule has 0 aliphatic rings. The van der Waals surface area contributed by atoms with Crippen molar-refractivity contribution in [1.29, 1.82) is 0 Å². The van der Waals surface area contributed by atoms with Gasteiger partial charge in [-0.2, -0.15) is 15.0 Å². The smallest absolute Gasteiger partial charge is 0.322 e. The van der Waals surface area contributed by atoms with Crippen LogP contribution in [0.5, 0.6) is 6.01 Å². The molecule has 0 aliphatic heterocycles. The average Bonchev–Trinajstić information content (AvgIpc) is 2.43. The monoisotopic (exact) mass is 279 g/mol. The number of nitrogens with zero attached hydrogens (tertiary/aromatic N) is 4. The molecule has 0 fully saturated rings. The van der Waals surface area contributed by atoms with E-state index < -0.39 is 0 Å². The van der Waals surface area contributed by atoms with Gasteiger partial charge < -0.3 is 10.1 Å². The predicted octanol–water partition coefficient (Wildman–Crippen LogP) is 2.32. The predicted molar refractivity (Wildman–Crippen MR) is 72.2 cm³/mol. The molecule has 0 bridgehead atoms. The van der Waals surface area contributed by atoms with E-state index in [1.165, 1.54) is 0 Å². The van der Waals surface area contributed by atoms with Gasteiger partial charge in [-0.05, 0) is 35.7 Å². The second kappa shape index (κ2) is 6.84. The van der Waals surface area contributed by atoms with Crippen LogP contribution in [0.4, 0.5) is 5.95 Å². The second-order valence-electron chi connectivity index (χ2n) is 3.77. The largest absolute Gasteiger partial charge is 0.463 e. The van der Waals surface area contributed by atoms with Crippen LogP contribution >= 0.6 is 11.6 Å². The van der Waals surface area contributed by atoms with Gasteiger partial charge in [-0.3, -0.25) is 4.98 Å². The molecule has 0 saturated heterocycles. The summed E-state index contributed by atoms with van der Waals surface area (Å²) in [6.45, 7) is 3.13. The summed E-state index contributed by atoms with van der Waals surface area (Å²) >= 11 is 5.82. The van der Waals surface area contributed by atoms with Gasteiger partial charge in [0.2, 0.25) is 11.2 Å². The van der Waals surface area contributed by atoms with Crippen LogP contribution in [0.2, 0.25) is 5.28 Å². The maximum Gasteiger partial charge on any atom is 0.322 e. The number of halogens is 1. The maximum atomic E-state index is 5.82. The van der Waals surface area contributed by atoms with Gasteiger partial charge in [0.25, 0.3) is 0 Å². The number of aromatic nitrogens is 4. The van der Waals surface area contributed by atoms with E-state index in [-0.39, 0.29) is 11.3 Å². The second-order valence-corrected chi connectivity index (χ2v) is 4.11. The summed E-state index contributed by atoms with van der Waals surface area (Å²) in [5, 5.41) is 3.17. The Balaban J connectivity index is 2.01. The number of nitrogens with one attached hydrogen (secondary N) is 1. The average molecular weight is 280 g/mol. The molecular weight excluding hydrogens is 266 g/mol. The lowest BCUT2D eigenvalue weighted by atomic mass is 10.3. The van der Waals surface area contributed by atoms with E-state index in [0.717, 1.165) is 12.0 Å². The van der Waals surface area contributed by atoms with E-state index in [2.05, 4.69) is 25.3 Å². The Morgan fingerprint density at radius 1 is 1.21 bits per heavy atom. The van der Waals surface area contributed by atoms with Crippen molar-refractivity contribution in [2.75, 3.05) is 11.9 Å². The number of ether oxygens (including phenoxy) is 1. The van der Waals surface area contributed by atoms with E-state index in [9.17, 15) is 0 Å². The van der Waals surface area contributed by atoms with Gasteiger partial charge >= 0.3 is 6.01 Å². The third-order valence-electron chi connectivity index (χ3n) is 2.22. The third-order valence-corrected chi connectivity index (χ3v) is 2.39. The summed E-state index contributed by atoms with van der Waals surface area (Å²) in [4.78, 5) is 16.0. The van der Waals surface area contributed by atoms with Gasteiger partial charge in [0.15, 0.2) is 0 Å². The molecule has 2 aromatic rings. The molecule has 6 nitrogen and oxygen atoms in total. The van der Waals surface area contributed by atoms with Crippen LogP contribution in [0.1, 0.15) is 18.9 Å². The lowest BCUT2D eigenvalue weighted by molar-refractivity contribution is 0.291. The quantitative estimate of drug-likeness (QED) is 0.875. The fourth-order valence-electron chi connectivity index (χ4n) is 1.35. The zero-order valence-electron chi connectivity index (χ0n) is 10.5. The summed E-state index contributed by atoms with van der Waals surface area (Å²) in [7, 11) is 0. The summed E-state index contributed by atoms with van der Waals surface area (Å²) in [5.41, 5.74) is 1.07. The molecule has 0 amide bonds. The third kappa shape index (κ3) is 4.33. The zero-order valence-corrected chi connectivity index (χ0v) is 11.3. The minimum absolute atomic E-state index is 0.110. The van der Waals surface area contributed by atoms with Crippen molar-refractivity contribution < 1.29 is 4.74 Å². The Morgan fingerprint density at radius 3 is 2.74 bits per heavy atom. The fourth-order valence-corrected chi connectivity index (χ4v) is 1.50. The molecule has 2 rings (SSSR count). The number of hydrogen-bond acceptors (Lipinski definition) is 6. The molecule has 0 radical (unpaired) electrons. The topological polar surface area (TPSA) is 72.8 Å². The van der Waals surface area contributed by atoms with Crippen molar-refractivity contribution in [3.05, 3.63) is 35.4 Å². The molecular formula is C12H14ClN5O. The minimum atomic E-state index is 0.110. The SMILES string of the molecule is CCCOc1nc(Cl)nc(NCc2ccncc2)n1. The first-order valence-corrected chi connectivity index (χ1v) is 6.33. The standard InChI is InChI=1S/C12H14ClN5O/c1-2-7-19-12-17-10(13)16-11(18-12)15-8-9-3-5-14-6-4-9/h3-6H,2,7-8H2,1H3,(H,15,16,17,18). The Labute approximate surface area is 116 Å². The molecule has 1 N–H and O–H groups in total. The van der Waals surface area contributed by atoms with Crippen LogP contribution in [0, 0.1) is 0 Å². The lowest BCUT2D eigenvalue weighted by Gasteiger charge is -2.07. The molecule has 19 heavy (non-hydrogen) atoms. The fraction of sp³-hybridized carbons (Fsp3) is 0.333. The highest BCUT2D eigenvalue weighted by Gasteiger charge is 2.05. The van der Waals surface area contributed by atoms with Gasteiger partial charge in [0, 0.05) is 18.9 Å². The number of rotatable bonds is 6. The summed E-state index contributed by atoms with van der Waals surface area (Å²) in [6.07, 6.45) is 4.34. The van der Waals surface area contributed by atoms with Crippen LogP contribution < -0.4 is 10.1 Å². The molecule has 0 spiro atoms. The highest BCUT2D eigenvalue weighted by molar-refractivity contribution is 6.28. The first-order valence-electron chi connectivity index (χ1n) is 5.95. The van der Waals surface area contributed by atoms with E-state index in [1.807, 2.05) is 19.1 Å². The number of anilines is 1. The summed E-state index contributed by atoms with van der Waals surface area (Å²) < 4.78 is 5.33. The lowest BCUT2D eigenvalue weighted by Crippen LogP contribution is -2.07. The Morgan fingerprint density at radius 2 is 2.00 bits per heavy atom. The highest BCUT2D eigenvalue weighted by Crippen LogP contribution is 2.12. The molecule has 0 unspecified atom stereocenters. The molecule has 0 aliphatic carbocycles. The van der Waals surface area contributed by atoms with Gasteiger partial charge in [-0.1, -0.05) is 6.92 Å². The molecule has 0 atom stereocenters. The first-order chi connectivity index (χ1) is 9.28. The zero-order chi connectivity index (χ0) is 13.5. The van der Waals surface area contributed by atoms with E-state index in [0.29, 0.717) is 19.1 Å². The number of hydrogen-bond donors (Lipinski definition) is 1. The molecule has 2 aromatic heterocycles. The van der Waals surface area contributed by atoms with Gasteiger partial charge in [-0.15, -0.1) is 0 Å². The van der Waals surface area contributed by atoms with E-state index in [1.54, 1.807) is 12.4 Å². The molecule has 2 heterocycles. The van der Waals surface area contributed by atoms with Gasteiger partial charge in [0.1, 0.15) is 0 Å². The van der Waals surface area contributed by atoms with Crippen LogP contribution in [-0.2, 0) is 6.54 Å². The first kappa shape index (κ1) is 13.5. The molecule has 0 saturated carbocycles. The Kier molecular flexibility index (Phi) is 4.85. The van der Waals surface area contributed by atoms with Gasteiger partial charge in [0.05, 0.1) is 6.61 Å². The van der Waals surface area contributed by atoms with E-state index >= 15 is 0 Å². The van der Waals surface area contributed by atoms with Crippen LogP contribution in [0.25, 0.3) is 0 Å². The molecule has 7 heteroatoms. The van der Waals surface area contributed by atoms with Crippen molar-refractivity contribution in [2.45, 2.75) is 19.9 Å². The normalized spacial score (nSPS) is 10.2. The van der Waals surface area contributed by atoms with E-state index in [4.69, 9.17) is 16.3 Å². The molecule has 100 valence electrons. The molecule has 0 aromatic carbocycles. The van der Waals surface area contributed by atoms with Crippen molar-refractivity contribution in [3.63, 3.8) is 0 Å². The van der Waals surface area contributed by atoms with Crippen molar-refractivity contribution in [2.24, 2.45) is 0 Å². The summed E-state index contributed by atoms with van der Waals surface area (Å²) in [6, 6.07) is 4.05. The minimum Gasteiger partial charge on any atom is -0.463 e. The Hall–Kier alpha value is -1.95. The number of pyridine rings is 1. The van der Waals surface area contributed by atoms with Crippen molar-refractivity contribution in [3.8, 4) is 6.01 Å². The van der Waals surface area contributed by atoms with Crippen molar-refractivity contribution >= 4 is 17.5 Å². The van der Waals surface area contributed by atoms with Crippen LogP contribution in [0.3, 0.4) is 0 Å². The summed E-state index contributed by atoms with van der Waals surface area (Å²) in [5.74, 6) is 0.392. The van der Waals surface area contributed by atoms with Crippen molar-refractivity contribution in [1.82, 2.24) is 19.9 Å². The van der Waals surface area contributed by atoms with Gasteiger partial charge in [-0.25, -0.2) is 0 Å². The Bertz CT molecular complexity index is 523. The van der Waals surface area contributed by atoms with Crippen LogP contribution in [-0.4, -0.2) is 26.5 Å². The van der Waals surface area contributed by atoms with Crippen LogP contribution in [0.15, 0.2) is 24.5 Å². The highest BCUT2D eigenvalue weighted by atomic mass is 35.5.